The predicted molar refractivity (Wildman–Crippen MR) is 95.9 cm³/mol. The Balaban J connectivity index is 1.76. The summed E-state index contributed by atoms with van der Waals surface area (Å²) in [5.74, 6) is 1.01. The lowest BCUT2D eigenvalue weighted by atomic mass is 10.1. The number of carbonyl (C=O) groups excluding carboxylic acids is 1. The summed E-state index contributed by atoms with van der Waals surface area (Å²) in [6.45, 7) is 3.58. The molecule has 1 unspecified atom stereocenters. The molecule has 0 bridgehead atoms. The topological polar surface area (TPSA) is 38.8 Å². The fraction of sp³-hybridized carbons (Fsp3) is 0.650. The Bertz CT molecular complexity index is 503. The van der Waals surface area contributed by atoms with Gasteiger partial charge in [-0.3, -0.25) is 4.79 Å². The van der Waals surface area contributed by atoms with E-state index >= 15 is 0 Å². The molecule has 1 aliphatic rings. The summed E-state index contributed by atoms with van der Waals surface area (Å²) in [5, 5.41) is 0. The molecule has 0 N–H and O–H groups in total. The van der Waals surface area contributed by atoms with Crippen LogP contribution >= 0.6 is 0 Å². The second-order valence-corrected chi connectivity index (χ2v) is 6.51. The largest absolute Gasteiger partial charge is 0.497 e. The van der Waals surface area contributed by atoms with Crippen molar-refractivity contribution in [3.8, 4) is 5.75 Å². The van der Waals surface area contributed by atoms with Gasteiger partial charge >= 0.3 is 0 Å². The second kappa shape index (κ2) is 10.3. The molecule has 0 aliphatic carbocycles. The van der Waals surface area contributed by atoms with Crippen molar-refractivity contribution in [3.05, 3.63) is 29.8 Å². The van der Waals surface area contributed by atoms with E-state index in [0.29, 0.717) is 13.0 Å². The normalized spacial score (nSPS) is 17.5. The molecule has 1 atom stereocenters. The van der Waals surface area contributed by atoms with Crippen molar-refractivity contribution in [2.24, 2.45) is 0 Å². The van der Waals surface area contributed by atoms with Crippen LogP contribution in [0.2, 0.25) is 0 Å². The number of carbonyl (C=O) groups is 1. The molecule has 4 nitrogen and oxygen atoms in total. The minimum absolute atomic E-state index is 0.0701. The van der Waals surface area contributed by atoms with Crippen molar-refractivity contribution in [2.75, 3.05) is 13.7 Å². The Labute approximate surface area is 146 Å². The van der Waals surface area contributed by atoms with Crippen LogP contribution in [0.25, 0.3) is 0 Å². The molecule has 1 heterocycles. The third-order valence-electron chi connectivity index (χ3n) is 4.57. The molecule has 24 heavy (non-hydrogen) atoms. The lowest BCUT2D eigenvalue weighted by Gasteiger charge is -2.25. The SMILES string of the molecule is CCCCCCCCOC1CCC(=O)N1Cc1cccc(OC)c1. The van der Waals surface area contributed by atoms with Crippen LogP contribution < -0.4 is 4.74 Å². The van der Waals surface area contributed by atoms with Crippen LogP contribution in [0, 0.1) is 0 Å². The summed E-state index contributed by atoms with van der Waals surface area (Å²) in [5.41, 5.74) is 1.08. The number of unbranched alkanes of at least 4 members (excludes halogenated alkanes) is 5. The Morgan fingerprint density at radius 1 is 1.17 bits per heavy atom. The van der Waals surface area contributed by atoms with Gasteiger partial charge in [-0.2, -0.15) is 0 Å². The highest BCUT2D eigenvalue weighted by Gasteiger charge is 2.31. The number of methoxy groups -OCH3 is 1. The van der Waals surface area contributed by atoms with Crippen molar-refractivity contribution in [3.63, 3.8) is 0 Å². The van der Waals surface area contributed by atoms with Crippen molar-refractivity contribution >= 4 is 5.91 Å². The molecule has 1 aromatic carbocycles. The average Bonchev–Trinajstić information content (AvgIpc) is 2.94. The maximum atomic E-state index is 12.2. The minimum atomic E-state index is -0.0701. The molecular formula is C20H31NO3. The standard InChI is InChI=1S/C20H31NO3/c1-3-4-5-6-7-8-14-24-20-13-12-19(22)21(20)16-17-10-9-11-18(15-17)23-2/h9-11,15,20H,3-8,12-14,16H2,1-2H3. The number of benzene rings is 1. The summed E-state index contributed by atoms with van der Waals surface area (Å²) >= 11 is 0. The van der Waals surface area contributed by atoms with Gasteiger partial charge in [0.1, 0.15) is 12.0 Å². The highest BCUT2D eigenvalue weighted by Crippen LogP contribution is 2.24. The average molecular weight is 333 g/mol. The number of ether oxygens (including phenoxy) is 2. The number of hydrogen-bond donors (Lipinski definition) is 0. The molecule has 1 aliphatic heterocycles. The van der Waals surface area contributed by atoms with E-state index < -0.39 is 0 Å². The highest BCUT2D eigenvalue weighted by atomic mass is 16.5. The first-order valence-electron chi connectivity index (χ1n) is 9.28. The number of hydrogen-bond acceptors (Lipinski definition) is 3. The quantitative estimate of drug-likeness (QED) is 0.559. The summed E-state index contributed by atoms with van der Waals surface area (Å²) in [7, 11) is 1.66. The first-order chi connectivity index (χ1) is 11.7. The zero-order valence-electron chi connectivity index (χ0n) is 15.1. The molecule has 0 saturated carbocycles. The zero-order chi connectivity index (χ0) is 17.2. The summed E-state index contributed by atoms with van der Waals surface area (Å²) in [4.78, 5) is 14.0. The number of nitrogens with zero attached hydrogens (tertiary/aromatic N) is 1. The van der Waals surface area contributed by atoms with Gasteiger partial charge in [-0.15, -0.1) is 0 Å². The van der Waals surface area contributed by atoms with Gasteiger partial charge in [-0.25, -0.2) is 0 Å². The Morgan fingerprint density at radius 2 is 1.96 bits per heavy atom. The molecular weight excluding hydrogens is 302 g/mol. The summed E-state index contributed by atoms with van der Waals surface area (Å²) < 4.78 is 11.3. The smallest absolute Gasteiger partial charge is 0.225 e. The Morgan fingerprint density at radius 3 is 2.75 bits per heavy atom. The third-order valence-corrected chi connectivity index (χ3v) is 4.57. The van der Waals surface area contributed by atoms with E-state index in [1.807, 2.05) is 29.2 Å². The molecule has 1 fully saturated rings. The van der Waals surface area contributed by atoms with Crippen LogP contribution in [0.4, 0.5) is 0 Å². The van der Waals surface area contributed by atoms with E-state index in [1.165, 1.54) is 32.1 Å². The molecule has 2 rings (SSSR count). The monoisotopic (exact) mass is 333 g/mol. The van der Waals surface area contributed by atoms with E-state index in [4.69, 9.17) is 9.47 Å². The van der Waals surface area contributed by atoms with Crippen LogP contribution in [0.15, 0.2) is 24.3 Å². The Hall–Kier alpha value is -1.55. The van der Waals surface area contributed by atoms with Crippen molar-refractivity contribution in [1.29, 1.82) is 0 Å². The molecule has 1 aromatic rings. The number of likely N-dealkylation sites (tertiary alicyclic amines) is 1. The zero-order valence-corrected chi connectivity index (χ0v) is 15.1. The van der Waals surface area contributed by atoms with Gasteiger partial charge in [-0.05, 0) is 24.1 Å². The van der Waals surface area contributed by atoms with E-state index in [0.717, 1.165) is 30.8 Å². The van der Waals surface area contributed by atoms with Crippen LogP contribution in [0.5, 0.6) is 5.75 Å². The first kappa shape index (κ1) is 18.8. The van der Waals surface area contributed by atoms with Gasteiger partial charge < -0.3 is 14.4 Å². The van der Waals surface area contributed by atoms with Gasteiger partial charge in [0, 0.05) is 26.0 Å². The van der Waals surface area contributed by atoms with Gasteiger partial charge in [0.05, 0.1) is 7.11 Å². The summed E-state index contributed by atoms with van der Waals surface area (Å²) in [6.07, 6.45) is 8.84. The molecule has 0 radical (unpaired) electrons. The molecule has 4 heteroatoms. The highest BCUT2D eigenvalue weighted by molar-refractivity contribution is 5.78. The van der Waals surface area contributed by atoms with Crippen molar-refractivity contribution in [2.45, 2.75) is 71.1 Å². The first-order valence-corrected chi connectivity index (χ1v) is 9.28. The maximum Gasteiger partial charge on any atom is 0.225 e. The van der Waals surface area contributed by atoms with Crippen molar-refractivity contribution < 1.29 is 14.3 Å². The lowest BCUT2D eigenvalue weighted by molar-refractivity contribution is -0.137. The lowest BCUT2D eigenvalue weighted by Crippen LogP contribution is -2.34. The third kappa shape index (κ3) is 5.82. The van der Waals surface area contributed by atoms with Gasteiger partial charge in [0.15, 0.2) is 0 Å². The van der Waals surface area contributed by atoms with E-state index in [9.17, 15) is 4.79 Å². The molecule has 1 saturated heterocycles. The van der Waals surface area contributed by atoms with Crippen LogP contribution in [0.3, 0.4) is 0 Å². The molecule has 0 aromatic heterocycles. The predicted octanol–water partition coefficient (Wildman–Crippen LogP) is 4.52. The fourth-order valence-electron chi connectivity index (χ4n) is 3.14. The van der Waals surface area contributed by atoms with Gasteiger partial charge in [0.25, 0.3) is 0 Å². The van der Waals surface area contributed by atoms with Crippen LogP contribution in [-0.4, -0.2) is 30.8 Å². The van der Waals surface area contributed by atoms with E-state index in [1.54, 1.807) is 7.11 Å². The molecule has 0 spiro atoms. The summed E-state index contributed by atoms with van der Waals surface area (Å²) in [6, 6.07) is 7.89. The molecule has 1 amide bonds. The van der Waals surface area contributed by atoms with Crippen LogP contribution in [-0.2, 0) is 16.1 Å². The van der Waals surface area contributed by atoms with Gasteiger partial charge in [0.2, 0.25) is 5.91 Å². The van der Waals surface area contributed by atoms with Gasteiger partial charge in [-0.1, -0.05) is 51.2 Å². The van der Waals surface area contributed by atoms with E-state index in [2.05, 4.69) is 6.92 Å². The van der Waals surface area contributed by atoms with E-state index in [-0.39, 0.29) is 12.1 Å². The Kier molecular flexibility index (Phi) is 8.10. The minimum Gasteiger partial charge on any atom is -0.497 e. The van der Waals surface area contributed by atoms with Crippen LogP contribution in [0.1, 0.15) is 63.9 Å². The second-order valence-electron chi connectivity index (χ2n) is 6.51. The van der Waals surface area contributed by atoms with Crippen molar-refractivity contribution in [1.82, 2.24) is 4.90 Å². The molecule has 134 valence electrons. The number of amides is 1. The maximum absolute atomic E-state index is 12.2. The fourth-order valence-corrected chi connectivity index (χ4v) is 3.14. The number of rotatable bonds is 11.